The van der Waals surface area contributed by atoms with Crippen LogP contribution in [0.25, 0.3) is 0 Å². The minimum absolute atomic E-state index is 0.173. The number of nitrogen functional groups attached to an aromatic ring is 1. The van der Waals surface area contributed by atoms with Gasteiger partial charge in [0.25, 0.3) is 0 Å². The molecular weight excluding hydrogens is 271 g/mol. The predicted molar refractivity (Wildman–Crippen MR) is 72.5 cm³/mol. The molecule has 5 nitrogen and oxygen atoms in total. The van der Waals surface area contributed by atoms with Gasteiger partial charge in [0.2, 0.25) is 5.82 Å². The van der Waals surface area contributed by atoms with Crippen molar-refractivity contribution in [3.05, 3.63) is 11.9 Å². The van der Waals surface area contributed by atoms with Gasteiger partial charge in [0.1, 0.15) is 11.6 Å². The van der Waals surface area contributed by atoms with Crippen molar-refractivity contribution in [2.75, 3.05) is 44.4 Å². The van der Waals surface area contributed by atoms with Crippen LogP contribution in [0.4, 0.5) is 24.8 Å². The molecule has 0 aromatic carbocycles. The highest BCUT2D eigenvalue weighted by Gasteiger charge is 2.35. The van der Waals surface area contributed by atoms with E-state index in [1.807, 2.05) is 25.9 Å². The summed E-state index contributed by atoms with van der Waals surface area (Å²) < 4.78 is 38.0. The Morgan fingerprint density at radius 3 is 2.35 bits per heavy atom. The topological polar surface area (TPSA) is 58.3 Å². The van der Waals surface area contributed by atoms with Gasteiger partial charge in [0.15, 0.2) is 0 Å². The first-order chi connectivity index (χ1) is 9.24. The number of nitrogens with two attached hydrogens (primary N) is 1. The smallest absolute Gasteiger partial charge is 0.384 e. The van der Waals surface area contributed by atoms with Gasteiger partial charge in [-0.3, -0.25) is 0 Å². The molecule has 0 saturated heterocycles. The maximum atomic E-state index is 12.7. The molecule has 0 bridgehead atoms. The molecule has 114 valence electrons. The molecule has 0 atom stereocenters. The Morgan fingerprint density at radius 1 is 1.20 bits per heavy atom. The van der Waals surface area contributed by atoms with Crippen LogP contribution in [0, 0.1) is 0 Å². The molecule has 0 unspecified atom stereocenters. The fourth-order valence-corrected chi connectivity index (χ4v) is 1.75. The summed E-state index contributed by atoms with van der Waals surface area (Å²) in [5, 5.41) is 0. The standard InChI is InChI=1S/C12H20F3N5/c1-4-20(7-5-6-19(2)3)10-8-9(16)17-11(18-10)12(13,14)15/h8H,4-7H2,1-3H3,(H2,16,17,18). The molecule has 0 amide bonds. The third-order valence-corrected chi connectivity index (χ3v) is 2.73. The molecule has 1 aromatic rings. The Hall–Kier alpha value is -1.57. The van der Waals surface area contributed by atoms with Gasteiger partial charge < -0.3 is 15.5 Å². The van der Waals surface area contributed by atoms with Crippen molar-refractivity contribution < 1.29 is 13.2 Å². The van der Waals surface area contributed by atoms with E-state index >= 15 is 0 Å². The Labute approximate surface area is 116 Å². The summed E-state index contributed by atoms with van der Waals surface area (Å²) in [5.41, 5.74) is 5.44. The molecule has 0 aliphatic heterocycles. The molecule has 0 radical (unpaired) electrons. The lowest BCUT2D eigenvalue weighted by molar-refractivity contribution is -0.144. The molecule has 0 aliphatic rings. The maximum absolute atomic E-state index is 12.7. The molecule has 8 heteroatoms. The summed E-state index contributed by atoms with van der Waals surface area (Å²) in [4.78, 5) is 10.6. The SMILES string of the molecule is CCN(CCCN(C)C)c1cc(N)nc(C(F)(F)F)n1. The van der Waals surface area contributed by atoms with Gasteiger partial charge in [-0.15, -0.1) is 0 Å². The van der Waals surface area contributed by atoms with Gasteiger partial charge in [0, 0.05) is 19.2 Å². The number of anilines is 2. The zero-order chi connectivity index (χ0) is 15.3. The molecule has 1 aromatic heterocycles. The van der Waals surface area contributed by atoms with Crippen molar-refractivity contribution in [3.63, 3.8) is 0 Å². The van der Waals surface area contributed by atoms with Gasteiger partial charge in [-0.1, -0.05) is 0 Å². The van der Waals surface area contributed by atoms with Crippen LogP contribution in [0.1, 0.15) is 19.2 Å². The van der Waals surface area contributed by atoms with Crippen LogP contribution in [0.3, 0.4) is 0 Å². The van der Waals surface area contributed by atoms with Crippen LogP contribution in [0.15, 0.2) is 6.07 Å². The van der Waals surface area contributed by atoms with E-state index in [4.69, 9.17) is 5.73 Å². The van der Waals surface area contributed by atoms with Gasteiger partial charge in [-0.25, -0.2) is 9.97 Å². The van der Waals surface area contributed by atoms with Crippen LogP contribution in [0.2, 0.25) is 0 Å². The average molecular weight is 291 g/mol. The highest BCUT2D eigenvalue weighted by molar-refractivity contribution is 5.47. The molecule has 0 saturated carbocycles. The van der Waals surface area contributed by atoms with Gasteiger partial charge in [-0.05, 0) is 34.0 Å². The van der Waals surface area contributed by atoms with E-state index in [1.54, 1.807) is 4.90 Å². The Morgan fingerprint density at radius 2 is 1.85 bits per heavy atom. The van der Waals surface area contributed by atoms with Gasteiger partial charge >= 0.3 is 6.18 Å². The molecule has 2 N–H and O–H groups in total. The van der Waals surface area contributed by atoms with E-state index in [9.17, 15) is 13.2 Å². The minimum atomic E-state index is -4.59. The number of aromatic nitrogens is 2. The van der Waals surface area contributed by atoms with Crippen LogP contribution >= 0.6 is 0 Å². The van der Waals surface area contributed by atoms with E-state index in [-0.39, 0.29) is 11.6 Å². The maximum Gasteiger partial charge on any atom is 0.451 e. The van der Waals surface area contributed by atoms with E-state index in [1.165, 1.54) is 6.07 Å². The lowest BCUT2D eigenvalue weighted by atomic mass is 10.3. The Balaban J connectivity index is 2.89. The molecule has 20 heavy (non-hydrogen) atoms. The van der Waals surface area contributed by atoms with Crippen molar-refractivity contribution in [2.45, 2.75) is 19.5 Å². The number of alkyl halides is 3. The normalized spacial score (nSPS) is 11.9. The van der Waals surface area contributed by atoms with E-state index in [0.29, 0.717) is 13.1 Å². The number of nitrogens with zero attached hydrogens (tertiary/aromatic N) is 4. The van der Waals surface area contributed by atoms with Crippen molar-refractivity contribution in [3.8, 4) is 0 Å². The van der Waals surface area contributed by atoms with Crippen LogP contribution < -0.4 is 10.6 Å². The van der Waals surface area contributed by atoms with Gasteiger partial charge in [0.05, 0.1) is 0 Å². The zero-order valence-corrected chi connectivity index (χ0v) is 11.9. The van der Waals surface area contributed by atoms with Crippen molar-refractivity contribution in [1.82, 2.24) is 14.9 Å². The monoisotopic (exact) mass is 291 g/mol. The first-order valence-electron chi connectivity index (χ1n) is 6.35. The first-order valence-corrected chi connectivity index (χ1v) is 6.35. The molecule has 1 rings (SSSR count). The summed E-state index contributed by atoms with van der Waals surface area (Å²) in [6.45, 7) is 3.88. The predicted octanol–water partition coefficient (Wildman–Crippen LogP) is 1.86. The summed E-state index contributed by atoms with van der Waals surface area (Å²) in [6.07, 6.45) is -3.76. The quantitative estimate of drug-likeness (QED) is 0.867. The molecule has 1 heterocycles. The number of hydrogen-bond donors (Lipinski definition) is 1. The summed E-state index contributed by atoms with van der Waals surface area (Å²) in [7, 11) is 3.89. The second-order valence-electron chi connectivity index (χ2n) is 4.71. The molecule has 0 aliphatic carbocycles. The summed E-state index contributed by atoms with van der Waals surface area (Å²) >= 11 is 0. The van der Waals surface area contributed by atoms with Crippen molar-refractivity contribution >= 4 is 11.6 Å². The highest BCUT2D eigenvalue weighted by atomic mass is 19.4. The lowest BCUT2D eigenvalue weighted by Crippen LogP contribution is -2.29. The summed E-state index contributed by atoms with van der Waals surface area (Å²) in [5.74, 6) is -1.15. The molecular formula is C12H20F3N5. The second kappa shape index (κ2) is 6.74. The fourth-order valence-electron chi connectivity index (χ4n) is 1.75. The number of rotatable bonds is 6. The summed E-state index contributed by atoms with van der Waals surface area (Å²) in [6, 6.07) is 1.37. The highest BCUT2D eigenvalue weighted by Crippen LogP contribution is 2.28. The van der Waals surface area contributed by atoms with Crippen LogP contribution in [0.5, 0.6) is 0 Å². The largest absolute Gasteiger partial charge is 0.451 e. The minimum Gasteiger partial charge on any atom is -0.384 e. The molecule has 0 fully saturated rings. The zero-order valence-electron chi connectivity index (χ0n) is 11.9. The third-order valence-electron chi connectivity index (χ3n) is 2.73. The van der Waals surface area contributed by atoms with E-state index in [0.717, 1.165) is 13.0 Å². The average Bonchev–Trinajstić information content (AvgIpc) is 2.32. The van der Waals surface area contributed by atoms with Crippen molar-refractivity contribution in [1.29, 1.82) is 0 Å². The first kappa shape index (κ1) is 16.5. The number of hydrogen-bond acceptors (Lipinski definition) is 5. The number of halogens is 3. The van der Waals surface area contributed by atoms with E-state index < -0.39 is 12.0 Å². The van der Waals surface area contributed by atoms with Crippen LogP contribution in [-0.2, 0) is 6.18 Å². The third kappa shape index (κ3) is 4.84. The molecule has 0 spiro atoms. The lowest BCUT2D eigenvalue weighted by Gasteiger charge is -2.23. The Bertz CT molecular complexity index is 434. The van der Waals surface area contributed by atoms with E-state index in [2.05, 4.69) is 9.97 Å². The second-order valence-corrected chi connectivity index (χ2v) is 4.71. The fraction of sp³-hybridized carbons (Fsp3) is 0.667. The Kier molecular flexibility index (Phi) is 5.55. The van der Waals surface area contributed by atoms with Crippen LogP contribution in [-0.4, -0.2) is 48.6 Å². The van der Waals surface area contributed by atoms with Gasteiger partial charge in [-0.2, -0.15) is 13.2 Å². The van der Waals surface area contributed by atoms with Crippen molar-refractivity contribution in [2.24, 2.45) is 0 Å².